The van der Waals surface area contributed by atoms with Crippen LogP contribution in [-0.2, 0) is 0 Å². The van der Waals surface area contributed by atoms with E-state index in [1.807, 2.05) is 0 Å². The van der Waals surface area contributed by atoms with Gasteiger partial charge in [-0.1, -0.05) is 12.1 Å². The van der Waals surface area contributed by atoms with Gasteiger partial charge in [-0.25, -0.2) is 4.98 Å². The molecule has 0 amide bonds. The molecular formula is C15H19N3. The van der Waals surface area contributed by atoms with Gasteiger partial charge in [-0.2, -0.15) is 0 Å². The average molecular weight is 241 g/mol. The van der Waals surface area contributed by atoms with Crippen molar-refractivity contribution in [1.82, 2.24) is 10.3 Å². The Morgan fingerprint density at radius 3 is 2.67 bits per heavy atom. The van der Waals surface area contributed by atoms with E-state index < -0.39 is 0 Å². The molecule has 0 unspecified atom stereocenters. The number of hydrogen-bond donors (Lipinski definition) is 1. The number of benzene rings is 1. The Hall–Kier alpha value is -1.61. The van der Waals surface area contributed by atoms with Gasteiger partial charge in [0, 0.05) is 31.6 Å². The van der Waals surface area contributed by atoms with E-state index in [1.54, 1.807) is 0 Å². The van der Waals surface area contributed by atoms with Crippen LogP contribution in [0.1, 0.15) is 11.1 Å². The Balaban J connectivity index is 2.07. The van der Waals surface area contributed by atoms with Gasteiger partial charge in [-0.3, -0.25) is 0 Å². The number of piperazine rings is 1. The molecule has 3 heteroatoms. The predicted octanol–water partition coefficient (Wildman–Crippen LogP) is 2.26. The number of anilines is 1. The number of nitrogens with one attached hydrogen (secondary N) is 1. The lowest BCUT2D eigenvalue weighted by Crippen LogP contribution is -2.44. The minimum absolute atomic E-state index is 1.05. The summed E-state index contributed by atoms with van der Waals surface area (Å²) in [6.45, 7) is 8.46. The molecule has 2 aromatic rings. The third kappa shape index (κ3) is 2.06. The van der Waals surface area contributed by atoms with E-state index in [9.17, 15) is 0 Å². The molecule has 94 valence electrons. The fourth-order valence-corrected chi connectivity index (χ4v) is 2.57. The van der Waals surface area contributed by atoms with Crippen LogP contribution >= 0.6 is 0 Å². The van der Waals surface area contributed by atoms with Crippen LogP contribution in [0.15, 0.2) is 24.3 Å². The van der Waals surface area contributed by atoms with E-state index in [4.69, 9.17) is 4.98 Å². The quantitative estimate of drug-likeness (QED) is 0.830. The molecule has 1 N–H and O–H groups in total. The summed E-state index contributed by atoms with van der Waals surface area (Å²) in [4.78, 5) is 7.24. The molecule has 0 bridgehead atoms. The lowest BCUT2D eigenvalue weighted by molar-refractivity contribution is 0.584. The fraction of sp³-hybridized carbons (Fsp3) is 0.400. The molecule has 3 nitrogen and oxygen atoms in total. The minimum atomic E-state index is 1.05. The zero-order valence-electron chi connectivity index (χ0n) is 11.0. The standard InChI is InChI=1S/C15H19N3/c1-11-3-4-13-10-12(2)15(17-14(13)9-11)18-7-5-16-6-8-18/h3-4,9-10,16H,5-8H2,1-2H3. The first-order valence-electron chi connectivity index (χ1n) is 6.58. The molecule has 1 aliphatic heterocycles. The van der Waals surface area contributed by atoms with Crippen LogP contribution in [0, 0.1) is 13.8 Å². The second kappa shape index (κ2) is 4.58. The Labute approximate surface area is 108 Å². The Morgan fingerprint density at radius 2 is 1.89 bits per heavy atom. The van der Waals surface area contributed by atoms with Crippen molar-refractivity contribution in [2.75, 3.05) is 31.1 Å². The molecule has 1 aliphatic rings. The van der Waals surface area contributed by atoms with Crippen LogP contribution < -0.4 is 10.2 Å². The summed E-state index contributed by atoms with van der Waals surface area (Å²) in [6.07, 6.45) is 0. The lowest BCUT2D eigenvalue weighted by Gasteiger charge is -2.29. The first-order valence-corrected chi connectivity index (χ1v) is 6.58. The first-order chi connectivity index (χ1) is 8.74. The van der Waals surface area contributed by atoms with Gasteiger partial charge in [0.05, 0.1) is 5.52 Å². The van der Waals surface area contributed by atoms with E-state index in [0.29, 0.717) is 0 Å². The number of pyridine rings is 1. The molecule has 3 rings (SSSR count). The Bertz CT molecular complexity index is 571. The molecule has 0 radical (unpaired) electrons. The van der Waals surface area contributed by atoms with Gasteiger partial charge in [0.15, 0.2) is 0 Å². The molecule has 18 heavy (non-hydrogen) atoms. The zero-order chi connectivity index (χ0) is 12.5. The van der Waals surface area contributed by atoms with E-state index >= 15 is 0 Å². The van der Waals surface area contributed by atoms with Crippen molar-refractivity contribution in [2.24, 2.45) is 0 Å². The van der Waals surface area contributed by atoms with Crippen LogP contribution in [0.4, 0.5) is 5.82 Å². The zero-order valence-corrected chi connectivity index (χ0v) is 11.0. The molecule has 0 spiro atoms. The molecule has 0 aliphatic carbocycles. The van der Waals surface area contributed by atoms with Crippen LogP contribution in [0.2, 0.25) is 0 Å². The summed E-state index contributed by atoms with van der Waals surface area (Å²) in [5.41, 5.74) is 3.65. The minimum Gasteiger partial charge on any atom is -0.354 e. The number of nitrogens with zero attached hydrogens (tertiary/aromatic N) is 2. The average Bonchev–Trinajstić information content (AvgIpc) is 2.39. The summed E-state index contributed by atoms with van der Waals surface area (Å²) >= 11 is 0. The summed E-state index contributed by atoms with van der Waals surface area (Å²) in [6, 6.07) is 8.72. The lowest BCUT2D eigenvalue weighted by atomic mass is 10.1. The van der Waals surface area contributed by atoms with Gasteiger partial charge in [0.25, 0.3) is 0 Å². The van der Waals surface area contributed by atoms with Crippen molar-refractivity contribution in [1.29, 1.82) is 0 Å². The number of fused-ring (bicyclic) bond motifs is 1. The Morgan fingerprint density at radius 1 is 1.11 bits per heavy atom. The molecule has 0 saturated carbocycles. The third-order valence-corrected chi connectivity index (χ3v) is 3.55. The van der Waals surface area contributed by atoms with Gasteiger partial charge in [0.1, 0.15) is 5.82 Å². The van der Waals surface area contributed by atoms with E-state index in [2.05, 4.69) is 48.3 Å². The van der Waals surface area contributed by atoms with Crippen molar-refractivity contribution in [3.05, 3.63) is 35.4 Å². The van der Waals surface area contributed by atoms with Gasteiger partial charge in [-0.05, 0) is 37.1 Å². The summed E-state index contributed by atoms with van der Waals surface area (Å²) in [5, 5.41) is 4.61. The van der Waals surface area contributed by atoms with Crippen LogP contribution in [0.5, 0.6) is 0 Å². The van der Waals surface area contributed by atoms with Crippen molar-refractivity contribution in [3.63, 3.8) is 0 Å². The highest BCUT2D eigenvalue weighted by atomic mass is 15.2. The largest absolute Gasteiger partial charge is 0.354 e. The maximum atomic E-state index is 4.86. The number of aromatic nitrogens is 1. The normalized spacial score (nSPS) is 16.2. The van der Waals surface area contributed by atoms with Gasteiger partial charge >= 0.3 is 0 Å². The van der Waals surface area contributed by atoms with Crippen LogP contribution in [-0.4, -0.2) is 31.2 Å². The van der Waals surface area contributed by atoms with Crippen molar-refractivity contribution < 1.29 is 0 Å². The van der Waals surface area contributed by atoms with Gasteiger partial charge in [-0.15, -0.1) is 0 Å². The highest BCUT2D eigenvalue weighted by molar-refractivity contribution is 5.82. The summed E-state index contributed by atoms with van der Waals surface area (Å²) in [5.74, 6) is 1.15. The van der Waals surface area contributed by atoms with Crippen molar-refractivity contribution in [2.45, 2.75) is 13.8 Å². The number of aryl methyl sites for hydroxylation is 2. The van der Waals surface area contributed by atoms with E-state index in [-0.39, 0.29) is 0 Å². The van der Waals surface area contributed by atoms with Gasteiger partial charge < -0.3 is 10.2 Å². The first kappa shape index (κ1) is 11.5. The molecule has 1 saturated heterocycles. The fourth-order valence-electron chi connectivity index (χ4n) is 2.57. The second-order valence-corrected chi connectivity index (χ2v) is 5.06. The van der Waals surface area contributed by atoms with E-state index in [1.165, 1.54) is 16.5 Å². The molecule has 0 atom stereocenters. The second-order valence-electron chi connectivity index (χ2n) is 5.06. The molecular weight excluding hydrogens is 222 g/mol. The van der Waals surface area contributed by atoms with Gasteiger partial charge in [0.2, 0.25) is 0 Å². The monoisotopic (exact) mass is 241 g/mol. The highest BCUT2D eigenvalue weighted by Gasteiger charge is 2.14. The molecule has 1 aromatic heterocycles. The number of hydrogen-bond acceptors (Lipinski definition) is 3. The molecule has 1 fully saturated rings. The molecule has 1 aromatic carbocycles. The van der Waals surface area contributed by atoms with Crippen molar-refractivity contribution >= 4 is 16.7 Å². The summed E-state index contributed by atoms with van der Waals surface area (Å²) in [7, 11) is 0. The SMILES string of the molecule is Cc1ccc2cc(C)c(N3CCNCC3)nc2c1. The van der Waals surface area contributed by atoms with E-state index in [0.717, 1.165) is 37.5 Å². The third-order valence-electron chi connectivity index (χ3n) is 3.55. The smallest absolute Gasteiger partial charge is 0.132 e. The van der Waals surface area contributed by atoms with Crippen molar-refractivity contribution in [3.8, 4) is 0 Å². The predicted molar refractivity (Wildman–Crippen MR) is 76.3 cm³/mol. The number of rotatable bonds is 1. The maximum absolute atomic E-state index is 4.86. The Kier molecular flexibility index (Phi) is 2.92. The highest BCUT2D eigenvalue weighted by Crippen LogP contribution is 2.23. The van der Waals surface area contributed by atoms with Crippen LogP contribution in [0.25, 0.3) is 10.9 Å². The van der Waals surface area contributed by atoms with Crippen LogP contribution in [0.3, 0.4) is 0 Å². The maximum Gasteiger partial charge on any atom is 0.132 e. The summed E-state index contributed by atoms with van der Waals surface area (Å²) < 4.78 is 0. The topological polar surface area (TPSA) is 28.2 Å². The molecule has 2 heterocycles.